The lowest BCUT2D eigenvalue weighted by molar-refractivity contribution is -0.590. The number of nitrogens with zero attached hydrogens (tertiary/aromatic N) is 1. The van der Waals surface area contributed by atoms with Crippen LogP contribution in [0.2, 0.25) is 0 Å². The zero-order valence-electron chi connectivity index (χ0n) is 6.66. The molecule has 3 nitrogen and oxygen atoms in total. The van der Waals surface area contributed by atoms with Crippen LogP contribution in [0.4, 0.5) is 5.82 Å². The highest BCUT2D eigenvalue weighted by molar-refractivity contribution is 9.09. The molecular formula is C8H11BrN2O. The second-order valence-electron chi connectivity index (χ2n) is 2.38. The Hall–Kier alpha value is -0.770. The summed E-state index contributed by atoms with van der Waals surface area (Å²) in [6.45, 7) is 0.817. The Kier molecular flexibility index (Phi) is 3.87. The fourth-order valence-corrected chi connectivity index (χ4v) is 1.13. The molecule has 0 spiro atoms. The smallest absolute Gasteiger partial charge is 0.277 e. The van der Waals surface area contributed by atoms with Crippen molar-refractivity contribution in [3.8, 4) is 0 Å². The molecule has 0 amide bonds. The predicted octanol–water partition coefficient (Wildman–Crippen LogP) is 1.52. The summed E-state index contributed by atoms with van der Waals surface area (Å²) in [6.07, 6.45) is 2.49. The van der Waals surface area contributed by atoms with E-state index in [9.17, 15) is 5.21 Å². The van der Waals surface area contributed by atoms with E-state index in [1.807, 2.05) is 6.07 Å². The number of hydrogen-bond acceptors (Lipinski definition) is 2. The SMILES string of the molecule is [O-][n+]1ccccc1NCCCBr. The van der Waals surface area contributed by atoms with Crippen molar-refractivity contribution in [1.29, 1.82) is 0 Å². The highest BCUT2D eigenvalue weighted by Gasteiger charge is 1.98. The van der Waals surface area contributed by atoms with E-state index >= 15 is 0 Å². The lowest BCUT2D eigenvalue weighted by Crippen LogP contribution is -2.30. The minimum absolute atomic E-state index is 0.610. The van der Waals surface area contributed by atoms with E-state index in [1.54, 1.807) is 12.1 Å². The molecule has 1 rings (SSSR count). The van der Waals surface area contributed by atoms with Crippen LogP contribution in [0.3, 0.4) is 0 Å². The molecule has 0 aliphatic carbocycles. The first-order valence-electron chi connectivity index (χ1n) is 3.82. The van der Waals surface area contributed by atoms with E-state index in [2.05, 4.69) is 21.2 Å². The van der Waals surface area contributed by atoms with Gasteiger partial charge in [0.05, 0.1) is 12.7 Å². The molecule has 0 atom stereocenters. The third-order valence-corrected chi connectivity index (χ3v) is 2.00. The number of nitrogens with one attached hydrogen (secondary N) is 1. The van der Waals surface area contributed by atoms with Crippen molar-refractivity contribution >= 4 is 21.7 Å². The second-order valence-corrected chi connectivity index (χ2v) is 3.17. The summed E-state index contributed by atoms with van der Waals surface area (Å²) < 4.78 is 0.828. The number of anilines is 1. The molecule has 0 aliphatic rings. The summed E-state index contributed by atoms with van der Waals surface area (Å²) in [5, 5.41) is 15.0. The van der Waals surface area contributed by atoms with Crippen molar-refractivity contribution in [1.82, 2.24) is 0 Å². The molecule has 0 radical (unpaired) electrons. The molecule has 1 aromatic heterocycles. The number of halogens is 1. The molecule has 1 aromatic rings. The Labute approximate surface area is 80.1 Å². The highest BCUT2D eigenvalue weighted by Crippen LogP contribution is 1.97. The molecule has 0 aliphatic heterocycles. The van der Waals surface area contributed by atoms with Gasteiger partial charge in [-0.05, 0) is 12.5 Å². The standard InChI is InChI=1S/C8H11BrN2O/c9-5-3-6-10-8-4-1-2-7-11(8)12/h1-2,4,7,10H,3,5-6H2. The molecular weight excluding hydrogens is 220 g/mol. The fourth-order valence-electron chi connectivity index (χ4n) is 0.848. The first kappa shape index (κ1) is 9.32. The molecule has 0 saturated carbocycles. The van der Waals surface area contributed by atoms with Gasteiger partial charge in [-0.2, -0.15) is 0 Å². The van der Waals surface area contributed by atoms with Gasteiger partial charge in [0, 0.05) is 11.4 Å². The lowest BCUT2D eigenvalue weighted by Gasteiger charge is -2.06. The summed E-state index contributed by atoms with van der Waals surface area (Å²) in [6, 6.07) is 5.31. The molecule has 0 aromatic carbocycles. The fraction of sp³-hybridized carbons (Fsp3) is 0.375. The van der Waals surface area contributed by atoms with Crippen LogP contribution < -0.4 is 10.0 Å². The van der Waals surface area contributed by atoms with E-state index in [0.717, 1.165) is 23.0 Å². The van der Waals surface area contributed by atoms with Crippen LogP contribution in [-0.2, 0) is 0 Å². The van der Waals surface area contributed by atoms with Crippen LogP contribution in [0, 0.1) is 5.21 Å². The molecule has 1 heterocycles. The molecule has 0 saturated heterocycles. The van der Waals surface area contributed by atoms with Crippen LogP contribution in [0.15, 0.2) is 24.4 Å². The highest BCUT2D eigenvalue weighted by atomic mass is 79.9. The van der Waals surface area contributed by atoms with Crippen LogP contribution in [-0.4, -0.2) is 11.9 Å². The number of hydrogen-bond donors (Lipinski definition) is 1. The quantitative estimate of drug-likeness (QED) is 0.369. The first-order valence-corrected chi connectivity index (χ1v) is 4.95. The van der Waals surface area contributed by atoms with E-state index in [0.29, 0.717) is 5.82 Å². The van der Waals surface area contributed by atoms with Crippen LogP contribution in [0.25, 0.3) is 0 Å². The maximum atomic E-state index is 11.1. The molecule has 4 heteroatoms. The summed E-state index contributed by atoms with van der Waals surface area (Å²) in [5.41, 5.74) is 0. The average Bonchev–Trinajstić information content (AvgIpc) is 2.09. The van der Waals surface area contributed by atoms with Gasteiger partial charge in [-0.1, -0.05) is 22.0 Å². The van der Waals surface area contributed by atoms with Gasteiger partial charge in [0.1, 0.15) is 0 Å². The van der Waals surface area contributed by atoms with E-state index in [-0.39, 0.29) is 0 Å². The summed E-state index contributed by atoms with van der Waals surface area (Å²) >= 11 is 3.32. The largest absolute Gasteiger partial charge is 0.711 e. The van der Waals surface area contributed by atoms with Gasteiger partial charge < -0.3 is 5.21 Å². The number of alkyl halides is 1. The second kappa shape index (κ2) is 4.98. The maximum Gasteiger partial charge on any atom is 0.277 e. The molecule has 12 heavy (non-hydrogen) atoms. The third kappa shape index (κ3) is 2.70. The van der Waals surface area contributed by atoms with Gasteiger partial charge in [0.15, 0.2) is 0 Å². The molecule has 0 bridgehead atoms. The van der Waals surface area contributed by atoms with Gasteiger partial charge in [-0.3, -0.25) is 5.32 Å². The summed E-state index contributed by atoms with van der Waals surface area (Å²) in [5.74, 6) is 0.610. The number of aromatic nitrogens is 1. The topological polar surface area (TPSA) is 39.0 Å². The lowest BCUT2D eigenvalue weighted by atomic mass is 10.4. The van der Waals surface area contributed by atoms with Crippen molar-refractivity contribution in [2.45, 2.75) is 6.42 Å². The predicted molar refractivity (Wildman–Crippen MR) is 52.3 cm³/mol. The van der Waals surface area contributed by atoms with E-state index < -0.39 is 0 Å². The normalized spacial score (nSPS) is 9.75. The van der Waals surface area contributed by atoms with Crippen LogP contribution in [0.5, 0.6) is 0 Å². The summed E-state index contributed by atoms with van der Waals surface area (Å²) in [7, 11) is 0. The van der Waals surface area contributed by atoms with Crippen molar-refractivity contribution in [3.05, 3.63) is 29.6 Å². The van der Waals surface area contributed by atoms with Gasteiger partial charge in [-0.15, -0.1) is 0 Å². The Morgan fingerprint density at radius 2 is 2.33 bits per heavy atom. The molecule has 0 unspecified atom stereocenters. The van der Waals surface area contributed by atoms with E-state index in [4.69, 9.17) is 0 Å². The first-order chi connectivity index (χ1) is 5.84. The van der Waals surface area contributed by atoms with Crippen LogP contribution >= 0.6 is 15.9 Å². The third-order valence-electron chi connectivity index (χ3n) is 1.44. The number of pyridine rings is 1. The Balaban J connectivity index is 2.46. The minimum atomic E-state index is 0.610. The molecule has 1 N–H and O–H groups in total. The van der Waals surface area contributed by atoms with Crippen molar-refractivity contribution in [3.63, 3.8) is 0 Å². The average molecular weight is 231 g/mol. The van der Waals surface area contributed by atoms with Crippen molar-refractivity contribution in [2.24, 2.45) is 0 Å². The zero-order valence-corrected chi connectivity index (χ0v) is 8.25. The number of rotatable bonds is 4. The summed E-state index contributed by atoms with van der Waals surface area (Å²) in [4.78, 5) is 0. The van der Waals surface area contributed by atoms with Gasteiger partial charge >= 0.3 is 0 Å². The van der Waals surface area contributed by atoms with E-state index in [1.165, 1.54) is 6.20 Å². The zero-order chi connectivity index (χ0) is 8.81. The Bertz CT molecular complexity index is 242. The van der Waals surface area contributed by atoms with Crippen molar-refractivity contribution < 1.29 is 4.73 Å². The van der Waals surface area contributed by atoms with Crippen molar-refractivity contribution in [2.75, 3.05) is 17.2 Å². The molecule has 66 valence electrons. The van der Waals surface area contributed by atoms with Gasteiger partial charge in [-0.25, -0.2) is 4.73 Å². The Morgan fingerprint density at radius 3 is 3.00 bits per heavy atom. The minimum Gasteiger partial charge on any atom is -0.711 e. The van der Waals surface area contributed by atoms with Crippen LogP contribution in [0.1, 0.15) is 6.42 Å². The van der Waals surface area contributed by atoms with Gasteiger partial charge in [0.25, 0.3) is 5.82 Å². The Morgan fingerprint density at radius 1 is 1.50 bits per heavy atom. The van der Waals surface area contributed by atoms with Gasteiger partial charge in [0.2, 0.25) is 0 Å². The molecule has 0 fully saturated rings. The monoisotopic (exact) mass is 230 g/mol. The maximum absolute atomic E-state index is 11.1.